The van der Waals surface area contributed by atoms with Crippen LogP contribution in [0.5, 0.6) is 0 Å². The van der Waals surface area contributed by atoms with Crippen LogP contribution in [0.4, 0.5) is 5.69 Å². The van der Waals surface area contributed by atoms with Crippen LogP contribution in [0.1, 0.15) is 35.3 Å². The highest BCUT2D eigenvalue weighted by atomic mass is 32.2. The van der Waals surface area contributed by atoms with Gasteiger partial charge in [0.25, 0.3) is 0 Å². The number of aliphatic imine (C=N–C) groups is 1. The molecule has 1 aliphatic rings. The van der Waals surface area contributed by atoms with Crippen LogP contribution in [0, 0.1) is 0 Å². The number of amides is 1. The summed E-state index contributed by atoms with van der Waals surface area (Å²) in [7, 11) is 0. The lowest BCUT2D eigenvalue weighted by Crippen LogP contribution is -2.25. The van der Waals surface area contributed by atoms with Gasteiger partial charge in [0.1, 0.15) is 0 Å². The maximum absolute atomic E-state index is 12.3. The van der Waals surface area contributed by atoms with Crippen molar-refractivity contribution < 1.29 is 14.3 Å². The topological polar surface area (TPSA) is 67.8 Å². The van der Waals surface area contributed by atoms with Crippen LogP contribution in [-0.2, 0) is 22.4 Å². The number of aryl methyl sites for hydroxylation is 1. The van der Waals surface area contributed by atoms with E-state index in [1.165, 1.54) is 17.3 Å². The fourth-order valence-electron chi connectivity index (χ4n) is 2.72. The van der Waals surface area contributed by atoms with Crippen molar-refractivity contribution in [2.24, 2.45) is 4.99 Å². The molecule has 0 saturated carbocycles. The Morgan fingerprint density at radius 2 is 1.74 bits per heavy atom. The number of hydrogen-bond acceptors (Lipinski definition) is 5. The number of rotatable bonds is 6. The molecule has 1 saturated heterocycles. The molecule has 1 heterocycles. The van der Waals surface area contributed by atoms with Crippen molar-refractivity contribution in [2.75, 3.05) is 6.61 Å². The van der Waals surface area contributed by atoms with Gasteiger partial charge in [-0.3, -0.25) is 4.79 Å². The molecule has 1 aliphatic heterocycles. The van der Waals surface area contributed by atoms with Gasteiger partial charge in [-0.25, -0.2) is 9.79 Å². The van der Waals surface area contributed by atoms with E-state index >= 15 is 0 Å². The second-order valence-corrected chi connectivity index (χ2v) is 7.35. The fourth-order valence-corrected chi connectivity index (χ4v) is 3.75. The number of benzene rings is 2. The lowest BCUT2D eigenvalue weighted by atomic mass is 10.1. The summed E-state index contributed by atoms with van der Waals surface area (Å²) in [6.07, 6.45) is 1.56. The highest BCUT2D eigenvalue weighted by molar-refractivity contribution is 8.15. The van der Waals surface area contributed by atoms with E-state index in [9.17, 15) is 9.59 Å². The van der Waals surface area contributed by atoms with Gasteiger partial charge in [0.05, 0.1) is 23.1 Å². The molecular weight excluding hydrogens is 360 g/mol. The summed E-state index contributed by atoms with van der Waals surface area (Å²) in [5.74, 6) is -0.376. The van der Waals surface area contributed by atoms with E-state index in [1.807, 2.05) is 36.4 Å². The number of ether oxygens (including phenoxy) is 1. The minimum Gasteiger partial charge on any atom is -0.462 e. The van der Waals surface area contributed by atoms with Crippen molar-refractivity contribution in [1.29, 1.82) is 0 Å². The zero-order valence-corrected chi connectivity index (χ0v) is 16.2. The molecule has 0 unspecified atom stereocenters. The van der Waals surface area contributed by atoms with Crippen molar-refractivity contribution in [1.82, 2.24) is 5.32 Å². The Balaban J connectivity index is 1.63. The first-order valence-electron chi connectivity index (χ1n) is 9.00. The van der Waals surface area contributed by atoms with Crippen LogP contribution in [0.15, 0.2) is 53.5 Å². The maximum Gasteiger partial charge on any atom is 0.338 e. The van der Waals surface area contributed by atoms with Gasteiger partial charge in [-0.1, -0.05) is 43.0 Å². The summed E-state index contributed by atoms with van der Waals surface area (Å²) in [5, 5.41) is 3.24. The van der Waals surface area contributed by atoms with E-state index in [0.717, 1.165) is 17.7 Å². The highest BCUT2D eigenvalue weighted by Crippen LogP contribution is 2.26. The number of carbonyl (C=O) groups is 2. The average Bonchev–Trinajstić information content (AvgIpc) is 3.02. The number of nitrogens with zero attached hydrogens (tertiary/aromatic N) is 1. The molecule has 0 bridgehead atoms. The van der Waals surface area contributed by atoms with E-state index in [1.54, 1.807) is 19.1 Å². The monoisotopic (exact) mass is 382 g/mol. The zero-order valence-electron chi connectivity index (χ0n) is 15.4. The van der Waals surface area contributed by atoms with Crippen molar-refractivity contribution in [3.63, 3.8) is 0 Å². The minimum atomic E-state index is -0.333. The first-order chi connectivity index (χ1) is 13.1. The molecule has 2 aromatic carbocycles. The Morgan fingerprint density at radius 3 is 2.37 bits per heavy atom. The molecular formula is C21H22N2O3S. The quantitative estimate of drug-likeness (QED) is 0.770. The molecule has 3 rings (SSSR count). The van der Waals surface area contributed by atoms with E-state index in [2.05, 4.69) is 17.2 Å². The number of carbonyl (C=O) groups excluding carboxylic acids is 2. The van der Waals surface area contributed by atoms with Crippen LogP contribution in [0.25, 0.3) is 0 Å². The Labute approximate surface area is 163 Å². The molecule has 1 amide bonds. The summed E-state index contributed by atoms with van der Waals surface area (Å²) in [5.41, 5.74) is 3.59. The smallest absolute Gasteiger partial charge is 0.338 e. The van der Waals surface area contributed by atoms with Gasteiger partial charge in [-0.15, -0.1) is 0 Å². The SMILES string of the molecule is CCOC(=O)c1ccc(C[C@H]2SC(=Nc3ccc(CC)cc3)NC2=O)cc1. The molecule has 0 spiro atoms. The molecule has 2 aromatic rings. The largest absolute Gasteiger partial charge is 0.462 e. The molecule has 0 aliphatic carbocycles. The molecule has 140 valence electrons. The summed E-state index contributed by atoms with van der Waals surface area (Å²) >= 11 is 1.43. The van der Waals surface area contributed by atoms with Gasteiger partial charge in [-0.2, -0.15) is 0 Å². The third-order valence-electron chi connectivity index (χ3n) is 4.24. The first kappa shape index (κ1) is 19.2. The van der Waals surface area contributed by atoms with Gasteiger partial charge >= 0.3 is 5.97 Å². The standard InChI is InChI=1S/C21H22N2O3S/c1-3-14-7-11-17(12-8-14)22-21-23-19(24)18(27-21)13-15-5-9-16(10-6-15)20(25)26-4-2/h5-12,18H,3-4,13H2,1-2H3,(H,22,23,24)/t18-/m1/s1. The summed E-state index contributed by atoms with van der Waals surface area (Å²) in [6, 6.07) is 15.2. The Hall–Kier alpha value is -2.60. The minimum absolute atomic E-state index is 0.0432. The predicted octanol–water partition coefficient (Wildman–Crippen LogP) is 3.89. The first-order valence-corrected chi connectivity index (χ1v) is 9.88. The number of hydrogen-bond donors (Lipinski definition) is 1. The fraction of sp³-hybridized carbons (Fsp3) is 0.286. The van der Waals surface area contributed by atoms with E-state index in [0.29, 0.717) is 23.8 Å². The van der Waals surface area contributed by atoms with Gasteiger partial charge in [-0.05, 0) is 55.2 Å². The predicted molar refractivity (Wildman–Crippen MR) is 109 cm³/mol. The second kappa shape index (κ2) is 8.86. The molecule has 5 nitrogen and oxygen atoms in total. The number of nitrogens with one attached hydrogen (secondary N) is 1. The van der Waals surface area contributed by atoms with Crippen molar-refractivity contribution >= 4 is 34.5 Å². The molecule has 1 N–H and O–H groups in total. The molecule has 0 radical (unpaired) electrons. The van der Waals surface area contributed by atoms with Crippen LogP contribution in [0.2, 0.25) is 0 Å². The molecule has 6 heteroatoms. The van der Waals surface area contributed by atoms with Crippen LogP contribution in [-0.4, -0.2) is 28.9 Å². The van der Waals surface area contributed by atoms with Gasteiger partial charge < -0.3 is 10.1 Å². The Morgan fingerprint density at radius 1 is 1.07 bits per heavy atom. The van der Waals surface area contributed by atoms with Gasteiger partial charge in [0.15, 0.2) is 5.17 Å². The van der Waals surface area contributed by atoms with Crippen LogP contribution >= 0.6 is 11.8 Å². The summed E-state index contributed by atoms with van der Waals surface area (Å²) in [6.45, 7) is 4.24. The van der Waals surface area contributed by atoms with Gasteiger partial charge in [0, 0.05) is 0 Å². The summed E-state index contributed by atoms with van der Waals surface area (Å²) < 4.78 is 4.98. The molecule has 0 aromatic heterocycles. The lowest BCUT2D eigenvalue weighted by molar-refractivity contribution is -0.118. The molecule has 27 heavy (non-hydrogen) atoms. The normalized spacial score (nSPS) is 17.8. The van der Waals surface area contributed by atoms with Crippen molar-refractivity contribution in [2.45, 2.75) is 31.9 Å². The zero-order chi connectivity index (χ0) is 19.2. The van der Waals surface area contributed by atoms with E-state index < -0.39 is 0 Å². The number of esters is 1. The van der Waals surface area contributed by atoms with Crippen molar-refractivity contribution in [3.05, 3.63) is 65.2 Å². The van der Waals surface area contributed by atoms with Gasteiger partial charge in [0.2, 0.25) is 5.91 Å². The Kier molecular flexibility index (Phi) is 6.29. The van der Waals surface area contributed by atoms with E-state index in [-0.39, 0.29) is 17.1 Å². The molecule has 1 fully saturated rings. The number of thioether (sulfide) groups is 1. The Bertz CT molecular complexity index is 845. The van der Waals surface area contributed by atoms with Crippen LogP contribution < -0.4 is 5.32 Å². The highest BCUT2D eigenvalue weighted by Gasteiger charge is 2.30. The number of amidine groups is 1. The average molecular weight is 382 g/mol. The third kappa shape index (κ3) is 4.98. The second-order valence-electron chi connectivity index (χ2n) is 6.15. The van der Waals surface area contributed by atoms with Crippen molar-refractivity contribution in [3.8, 4) is 0 Å². The third-order valence-corrected chi connectivity index (χ3v) is 5.32. The summed E-state index contributed by atoms with van der Waals surface area (Å²) in [4.78, 5) is 28.5. The lowest BCUT2D eigenvalue weighted by Gasteiger charge is -2.07. The van der Waals surface area contributed by atoms with E-state index in [4.69, 9.17) is 4.74 Å². The molecule has 1 atom stereocenters. The van der Waals surface area contributed by atoms with Crippen LogP contribution in [0.3, 0.4) is 0 Å². The maximum atomic E-state index is 12.3.